The first-order valence-electron chi connectivity index (χ1n) is 9.04. The summed E-state index contributed by atoms with van der Waals surface area (Å²) in [7, 11) is 0. The predicted molar refractivity (Wildman–Crippen MR) is 89.4 cm³/mol. The summed E-state index contributed by atoms with van der Waals surface area (Å²) >= 11 is 0. The molecule has 2 bridgehead atoms. The van der Waals surface area contributed by atoms with Crippen molar-refractivity contribution in [3.8, 4) is 0 Å². The molecule has 0 aromatic rings. The summed E-state index contributed by atoms with van der Waals surface area (Å²) in [5, 5.41) is 0. The first kappa shape index (κ1) is 16.1. The normalized spacial score (nSPS) is 33.8. The van der Waals surface area contributed by atoms with E-state index in [4.69, 9.17) is 4.74 Å². The summed E-state index contributed by atoms with van der Waals surface area (Å²) in [6.45, 7) is 10.2. The predicted octanol–water partition coefficient (Wildman–Crippen LogP) is 5.13. The zero-order valence-corrected chi connectivity index (χ0v) is 14.9. The third kappa shape index (κ3) is 3.26. The van der Waals surface area contributed by atoms with E-state index in [1.165, 1.54) is 32.6 Å². The molecule has 2 heteroatoms. The molecular weight excluding hydrogens is 272 g/mol. The van der Waals surface area contributed by atoms with Crippen molar-refractivity contribution in [2.45, 2.75) is 78.7 Å². The van der Waals surface area contributed by atoms with Crippen LogP contribution in [0.2, 0.25) is 0 Å². The van der Waals surface area contributed by atoms with E-state index in [0.29, 0.717) is 0 Å². The van der Waals surface area contributed by atoms with Gasteiger partial charge in [0, 0.05) is 6.92 Å². The highest BCUT2D eigenvalue weighted by atomic mass is 16.6. The molecule has 3 aliphatic carbocycles. The number of esters is 1. The van der Waals surface area contributed by atoms with Gasteiger partial charge in [-0.25, -0.2) is 0 Å². The number of rotatable bonds is 5. The van der Waals surface area contributed by atoms with E-state index in [9.17, 15) is 4.79 Å². The highest BCUT2D eigenvalue weighted by molar-refractivity contribution is 5.66. The van der Waals surface area contributed by atoms with Crippen LogP contribution in [0.1, 0.15) is 73.1 Å². The van der Waals surface area contributed by atoms with Gasteiger partial charge in [-0.05, 0) is 81.5 Å². The van der Waals surface area contributed by atoms with Crippen molar-refractivity contribution in [3.63, 3.8) is 0 Å². The minimum atomic E-state index is -0.372. The van der Waals surface area contributed by atoms with Crippen LogP contribution in [0, 0.1) is 29.1 Å². The van der Waals surface area contributed by atoms with Crippen molar-refractivity contribution >= 4 is 5.97 Å². The van der Waals surface area contributed by atoms with Gasteiger partial charge in [-0.3, -0.25) is 4.79 Å². The van der Waals surface area contributed by atoms with E-state index in [-0.39, 0.29) is 17.0 Å². The minimum Gasteiger partial charge on any atom is -0.460 e. The lowest BCUT2D eigenvalue weighted by Crippen LogP contribution is -2.33. The summed E-state index contributed by atoms with van der Waals surface area (Å²) in [6.07, 6.45) is 10.5. The fourth-order valence-electron chi connectivity index (χ4n) is 6.05. The SMILES string of the molecule is CC(=O)OC(C)(C)CC(C)(C)CC1=CC2C3CCC(C3)C2C1. The molecule has 4 unspecified atom stereocenters. The van der Waals surface area contributed by atoms with Crippen molar-refractivity contribution in [1.29, 1.82) is 0 Å². The highest BCUT2D eigenvalue weighted by Gasteiger charge is 2.49. The van der Waals surface area contributed by atoms with Gasteiger partial charge in [-0.15, -0.1) is 0 Å². The lowest BCUT2D eigenvalue weighted by Gasteiger charge is -2.35. The molecular formula is C20H32O2. The van der Waals surface area contributed by atoms with Crippen molar-refractivity contribution in [1.82, 2.24) is 0 Å². The number of hydrogen-bond acceptors (Lipinski definition) is 2. The van der Waals surface area contributed by atoms with Crippen LogP contribution in [0.3, 0.4) is 0 Å². The van der Waals surface area contributed by atoms with Gasteiger partial charge < -0.3 is 4.74 Å². The monoisotopic (exact) mass is 304 g/mol. The first-order chi connectivity index (χ1) is 10.2. The number of carbonyl (C=O) groups is 1. The number of carbonyl (C=O) groups excluding carboxylic acids is 1. The second-order valence-corrected chi connectivity index (χ2v) is 9.47. The smallest absolute Gasteiger partial charge is 0.303 e. The van der Waals surface area contributed by atoms with Crippen LogP contribution in [0.5, 0.6) is 0 Å². The number of hydrogen-bond donors (Lipinski definition) is 0. The molecule has 2 fully saturated rings. The van der Waals surface area contributed by atoms with Gasteiger partial charge in [0.2, 0.25) is 0 Å². The van der Waals surface area contributed by atoms with E-state index < -0.39 is 0 Å². The lowest BCUT2D eigenvalue weighted by atomic mass is 9.76. The summed E-state index contributed by atoms with van der Waals surface area (Å²) in [5.74, 6) is 3.70. The third-order valence-corrected chi connectivity index (χ3v) is 6.11. The zero-order chi connectivity index (χ0) is 16.1. The molecule has 0 radical (unpaired) electrons. The molecule has 0 aromatic carbocycles. The van der Waals surface area contributed by atoms with Crippen molar-refractivity contribution in [2.24, 2.45) is 29.1 Å². The standard InChI is InChI=1S/C20H32O2/c1-13(21)22-20(4,5)12-19(2,3)11-14-8-17-15-6-7-16(10-15)18(17)9-14/h8,15-18H,6-7,9-12H2,1-5H3. The molecule has 22 heavy (non-hydrogen) atoms. The second kappa shape index (κ2) is 5.39. The van der Waals surface area contributed by atoms with Gasteiger partial charge in [-0.1, -0.05) is 25.5 Å². The van der Waals surface area contributed by atoms with Crippen LogP contribution in [-0.2, 0) is 9.53 Å². The second-order valence-electron chi connectivity index (χ2n) is 9.47. The molecule has 124 valence electrons. The van der Waals surface area contributed by atoms with Gasteiger partial charge in [-0.2, -0.15) is 0 Å². The Bertz CT molecular complexity index is 486. The average Bonchev–Trinajstić information content (AvgIpc) is 2.93. The Morgan fingerprint density at radius 3 is 2.55 bits per heavy atom. The Kier molecular flexibility index (Phi) is 3.94. The quantitative estimate of drug-likeness (QED) is 0.520. The first-order valence-corrected chi connectivity index (χ1v) is 9.04. The topological polar surface area (TPSA) is 26.3 Å². The Balaban J connectivity index is 1.60. The van der Waals surface area contributed by atoms with Crippen LogP contribution in [0.15, 0.2) is 11.6 Å². The Morgan fingerprint density at radius 2 is 1.91 bits per heavy atom. The maximum Gasteiger partial charge on any atom is 0.303 e. The molecule has 2 saturated carbocycles. The molecule has 4 atom stereocenters. The molecule has 0 aliphatic heterocycles. The third-order valence-electron chi connectivity index (χ3n) is 6.11. The van der Waals surface area contributed by atoms with Gasteiger partial charge in [0.05, 0.1) is 0 Å². The maximum atomic E-state index is 11.3. The zero-order valence-electron chi connectivity index (χ0n) is 14.9. The van der Waals surface area contributed by atoms with Crippen LogP contribution < -0.4 is 0 Å². The molecule has 0 aromatic heterocycles. The molecule has 0 spiro atoms. The maximum absolute atomic E-state index is 11.3. The number of fused-ring (bicyclic) bond motifs is 5. The Labute approximate surface area is 135 Å². The van der Waals surface area contributed by atoms with Crippen molar-refractivity contribution in [2.75, 3.05) is 0 Å². The number of allylic oxidation sites excluding steroid dienone is 2. The van der Waals surface area contributed by atoms with Crippen LogP contribution >= 0.6 is 0 Å². The van der Waals surface area contributed by atoms with E-state index in [1.807, 2.05) is 13.8 Å². The van der Waals surface area contributed by atoms with E-state index in [1.54, 1.807) is 5.57 Å². The molecule has 0 saturated heterocycles. The van der Waals surface area contributed by atoms with Crippen molar-refractivity contribution < 1.29 is 9.53 Å². The molecule has 0 N–H and O–H groups in total. The summed E-state index contributed by atoms with van der Waals surface area (Å²) < 4.78 is 5.50. The Hall–Kier alpha value is -0.790. The Morgan fingerprint density at radius 1 is 1.23 bits per heavy atom. The van der Waals surface area contributed by atoms with Crippen molar-refractivity contribution in [3.05, 3.63) is 11.6 Å². The van der Waals surface area contributed by atoms with Gasteiger partial charge >= 0.3 is 5.97 Å². The average molecular weight is 304 g/mol. The molecule has 2 nitrogen and oxygen atoms in total. The summed E-state index contributed by atoms with van der Waals surface area (Å²) in [4.78, 5) is 11.3. The van der Waals surface area contributed by atoms with Gasteiger partial charge in [0.15, 0.2) is 0 Å². The fourth-order valence-corrected chi connectivity index (χ4v) is 6.05. The molecule has 3 aliphatic rings. The molecule has 0 amide bonds. The largest absolute Gasteiger partial charge is 0.460 e. The number of ether oxygens (including phenoxy) is 1. The van der Waals surface area contributed by atoms with Crippen LogP contribution in [-0.4, -0.2) is 11.6 Å². The fraction of sp³-hybridized carbons (Fsp3) is 0.850. The van der Waals surface area contributed by atoms with E-state index in [0.717, 1.165) is 36.5 Å². The highest BCUT2D eigenvalue weighted by Crippen LogP contribution is 2.58. The van der Waals surface area contributed by atoms with Gasteiger partial charge in [0.1, 0.15) is 5.60 Å². The lowest BCUT2D eigenvalue weighted by molar-refractivity contribution is -0.156. The summed E-state index contributed by atoms with van der Waals surface area (Å²) in [5.41, 5.74) is 1.49. The van der Waals surface area contributed by atoms with Crippen LogP contribution in [0.4, 0.5) is 0 Å². The minimum absolute atomic E-state index is 0.174. The molecule has 0 heterocycles. The van der Waals surface area contributed by atoms with Gasteiger partial charge in [0.25, 0.3) is 0 Å². The van der Waals surface area contributed by atoms with E-state index >= 15 is 0 Å². The van der Waals surface area contributed by atoms with Crippen LogP contribution in [0.25, 0.3) is 0 Å². The van der Waals surface area contributed by atoms with E-state index in [2.05, 4.69) is 19.9 Å². The molecule has 3 rings (SSSR count). The summed E-state index contributed by atoms with van der Waals surface area (Å²) in [6, 6.07) is 0.